The molecule has 0 saturated heterocycles. The Morgan fingerprint density at radius 2 is 1.72 bits per heavy atom. The van der Waals surface area contributed by atoms with Crippen LogP contribution in [0.5, 0.6) is 0 Å². The van der Waals surface area contributed by atoms with Gasteiger partial charge in [0.2, 0.25) is 5.91 Å². The molecule has 0 bridgehead atoms. The summed E-state index contributed by atoms with van der Waals surface area (Å²) in [5.41, 5.74) is 8.14. The maximum Gasteiger partial charge on any atom is 0.330 e. The number of rotatable bonds is 7. The molecule has 47 heavy (non-hydrogen) atoms. The van der Waals surface area contributed by atoms with E-state index >= 15 is 0 Å². The van der Waals surface area contributed by atoms with Gasteiger partial charge in [-0.15, -0.1) is 0 Å². The van der Waals surface area contributed by atoms with Crippen LogP contribution < -0.4 is 10.6 Å². The summed E-state index contributed by atoms with van der Waals surface area (Å²) < 4.78 is 7.16. The van der Waals surface area contributed by atoms with Crippen molar-refractivity contribution in [1.29, 1.82) is 0 Å². The molecule has 2 aromatic carbocycles. The third-order valence-electron chi connectivity index (χ3n) is 10.8. The van der Waals surface area contributed by atoms with Crippen molar-refractivity contribution in [3.8, 4) is 0 Å². The zero-order chi connectivity index (χ0) is 32.4. The summed E-state index contributed by atoms with van der Waals surface area (Å²) in [5, 5.41) is 7.54. The molecule has 7 heteroatoms. The predicted octanol–water partition coefficient (Wildman–Crippen LogP) is 8.45. The standard InChI is InChI=1S/C40H45N3O4/c1-47-35(44)22-17-27-15-19-31(20-16-27)41-39(46)40(23-7-8-24-40)42-38(45)30-18-21-33-34(26-30)43-25-9-13-28-10-5-6-14-32(28)37(43)36(33)29-11-3-2-4-12-29/h6,14-22,26,29H,2-5,7-13,23-25H2,1H3,(H,41,46)(H,42,45)/b22-17+. The third kappa shape index (κ3) is 6.20. The number of aromatic nitrogens is 1. The maximum atomic E-state index is 14.0. The average Bonchev–Trinajstić information content (AvgIpc) is 3.66. The molecule has 3 aliphatic carbocycles. The number of hydrogen-bond donors (Lipinski definition) is 2. The number of allylic oxidation sites excluding steroid dienone is 4. The van der Waals surface area contributed by atoms with Crippen molar-refractivity contribution in [1.82, 2.24) is 9.88 Å². The third-order valence-corrected chi connectivity index (χ3v) is 10.8. The summed E-state index contributed by atoms with van der Waals surface area (Å²) in [6.45, 7) is 0.952. The zero-order valence-electron chi connectivity index (χ0n) is 27.4. The van der Waals surface area contributed by atoms with E-state index in [9.17, 15) is 14.4 Å². The molecular formula is C40H45N3O4. The highest BCUT2D eigenvalue weighted by Crippen LogP contribution is 2.46. The van der Waals surface area contributed by atoms with Gasteiger partial charge in [-0.2, -0.15) is 0 Å². The largest absolute Gasteiger partial charge is 0.466 e. The van der Waals surface area contributed by atoms with Crippen molar-refractivity contribution < 1.29 is 19.1 Å². The molecule has 0 radical (unpaired) electrons. The number of carbonyl (C=O) groups is 3. The first-order valence-electron chi connectivity index (χ1n) is 17.5. The second-order valence-electron chi connectivity index (χ2n) is 13.7. The number of benzene rings is 2. The van der Waals surface area contributed by atoms with E-state index in [1.165, 1.54) is 67.5 Å². The van der Waals surface area contributed by atoms with E-state index in [4.69, 9.17) is 0 Å². The van der Waals surface area contributed by atoms with Crippen LogP contribution in [0.2, 0.25) is 0 Å². The van der Waals surface area contributed by atoms with Gasteiger partial charge in [0.1, 0.15) is 5.54 Å². The Morgan fingerprint density at radius 3 is 2.49 bits per heavy atom. The number of amides is 2. The second kappa shape index (κ2) is 13.4. The minimum atomic E-state index is -0.967. The minimum Gasteiger partial charge on any atom is -0.466 e. The van der Waals surface area contributed by atoms with Gasteiger partial charge >= 0.3 is 5.97 Å². The number of carbonyl (C=O) groups excluding carboxylic acids is 3. The zero-order valence-corrected chi connectivity index (χ0v) is 27.4. The molecule has 1 aliphatic heterocycles. The van der Waals surface area contributed by atoms with E-state index in [0.717, 1.165) is 56.1 Å². The molecule has 0 spiro atoms. The fourth-order valence-corrected chi connectivity index (χ4v) is 8.35. The highest BCUT2D eigenvalue weighted by atomic mass is 16.5. The molecule has 3 aromatic rings. The van der Waals surface area contributed by atoms with E-state index in [2.05, 4.69) is 44.2 Å². The van der Waals surface area contributed by atoms with Crippen molar-refractivity contribution in [3.05, 3.63) is 88.7 Å². The molecule has 2 heterocycles. The number of nitrogens with one attached hydrogen (secondary N) is 2. The van der Waals surface area contributed by atoms with E-state index < -0.39 is 11.5 Å². The van der Waals surface area contributed by atoms with E-state index in [1.807, 2.05) is 18.2 Å². The molecule has 2 amide bonds. The summed E-state index contributed by atoms with van der Waals surface area (Å²) >= 11 is 0. The van der Waals surface area contributed by atoms with Crippen LogP contribution in [0.4, 0.5) is 5.69 Å². The molecule has 0 atom stereocenters. The van der Waals surface area contributed by atoms with Crippen LogP contribution in [0.25, 0.3) is 22.6 Å². The van der Waals surface area contributed by atoms with Crippen LogP contribution >= 0.6 is 0 Å². The minimum absolute atomic E-state index is 0.193. The number of esters is 1. The van der Waals surface area contributed by atoms with Gasteiger partial charge in [0, 0.05) is 34.8 Å². The average molecular weight is 632 g/mol. The Balaban J connectivity index is 1.17. The smallest absolute Gasteiger partial charge is 0.330 e. The highest BCUT2D eigenvalue weighted by Gasteiger charge is 2.43. The lowest BCUT2D eigenvalue weighted by molar-refractivity contribution is -0.134. The van der Waals surface area contributed by atoms with Gasteiger partial charge in [-0.05, 0) is 104 Å². The van der Waals surface area contributed by atoms with Crippen LogP contribution in [0.15, 0.2) is 66.3 Å². The van der Waals surface area contributed by atoms with E-state index in [1.54, 1.807) is 23.8 Å². The number of ether oxygens (including phenoxy) is 1. The molecular weight excluding hydrogens is 586 g/mol. The van der Waals surface area contributed by atoms with Crippen LogP contribution in [-0.4, -0.2) is 35.0 Å². The number of anilines is 1. The lowest BCUT2D eigenvalue weighted by atomic mass is 9.80. The molecule has 0 unspecified atom stereocenters. The molecule has 7 nitrogen and oxygen atoms in total. The Bertz CT molecular complexity index is 1780. The summed E-state index contributed by atoms with van der Waals surface area (Å²) in [5.74, 6) is -0.270. The van der Waals surface area contributed by atoms with Crippen LogP contribution in [0.1, 0.15) is 117 Å². The Labute approximate surface area is 277 Å². The number of aryl methyl sites for hydroxylation is 1. The second-order valence-corrected chi connectivity index (χ2v) is 13.7. The molecule has 2 N–H and O–H groups in total. The van der Waals surface area contributed by atoms with E-state index in [-0.39, 0.29) is 11.8 Å². The maximum absolute atomic E-state index is 14.0. The van der Waals surface area contributed by atoms with Gasteiger partial charge in [-0.25, -0.2) is 4.79 Å². The van der Waals surface area contributed by atoms with Gasteiger partial charge in [0.25, 0.3) is 5.91 Å². The molecule has 4 aliphatic rings. The van der Waals surface area contributed by atoms with Gasteiger partial charge < -0.3 is 19.9 Å². The number of fused-ring (bicyclic) bond motifs is 4. The van der Waals surface area contributed by atoms with Gasteiger partial charge in [0.15, 0.2) is 0 Å². The van der Waals surface area contributed by atoms with Gasteiger partial charge in [-0.3, -0.25) is 9.59 Å². The molecule has 2 saturated carbocycles. The lowest BCUT2D eigenvalue weighted by Gasteiger charge is -2.29. The summed E-state index contributed by atoms with van der Waals surface area (Å²) in [4.78, 5) is 39.2. The SMILES string of the molecule is COC(=O)/C=C/c1ccc(NC(=O)C2(NC(=O)c3ccc4c(C5CCCCC5)c5n(c4c3)CCCC3=C5C=CCC3)CCCC2)cc1. The van der Waals surface area contributed by atoms with Crippen LogP contribution in [-0.2, 0) is 20.9 Å². The van der Waals surface area contributed by atoms with Crippen LogP contribution in [0, 0.1) is 0 Å². The first-order chi connectivity index (χ1) is 23.0. The first-order valence-corrected chi connectivity index (χ1v) is 17.5. The van der Waals surface area contributed by atoms with Crippen molar-refractivity contribution in [3.63, 3.8) is 0 Å². The molecule has 1 aromatic heterocycles. The highest BCUT2D eigenvalue weighted by molar-refractivity contribution is 6.06. The summed E-state index contributed by atoms with van der Waals surface area (Å²) in [6, 6.07) is 13.5. The molecule has 2 fully saturated rings. The monoisotopic (exact) mass is 631 g/mol. The number of hydrogen-bond acceptors (Lipinski definition) is 4. The summed E-state index contributed by atoms with van der Waals surface area (Å²) in [7, 11) is 1.34. The Kier molecular flexibility index (Phi) is 8.89. The first kappa shape index (κ1) is 31.2. The quantitative estimate of drug-likeness (QED) is 0.202. The number of methoxy groups -OCH3 is 1. The predicted molar refractivity (Wildman–Crippen MR) is 187 cm³/mol. The molecule has 244 valence electrons. The lowest BCUT2D eigenvalue weighted by Crippen LogP contribution is -2.55. The van der Waals surface area contributed by atoms with Crippen molar-refractivity contribution in [2.45, 2.75) is 101 Å². The van der Waals surface area contributed by atoms with Crippen LogP contribution in [0.3, 0.4) is 0 Å². The fourth-order valence-electron chi connectivity index (χ4n) is 8.35. The topological polar surface area (TPSA) is 89.4 Å². The van der Waals surface area contributed by atoms with Crippen molar-refractivity contribution in [2.75, 3.05) is 12.4 Å². The van der Waals surface area contributed by atoms with Gasteiger partial charge in [0.05, 0.1) is 12.8 Å². The number of nitrogens with zero attached hydrogens (tertiary/aromatic N) is 1. The van der Waals surface area contributed by atoms with Crippen molar-refractivity contribution in [2.24, 2.45) is 0 Å². The van der Waals surface area contributed by atoms with Crippen molar-refractivity contribution >= 4 is 46.0 Å². The van der Waals surface area contributed by atoms with Gasteiger partial charge in [-0.1, -0.05) is 68.0 Å². The Hall–Kier alpha value is -4.39. The fraction of sp³-hybridized carbons (Fsp3) is 0.425. The Morgan fingerprint density at radius 1 is 0.936 bits per heavy atom. The molecule has 7 rings (SSSR count). The summed E-state index contributed by atoms with van der Waals surface area (Å²) in [6.07, 6.45) is 21.5. The normalized spacial score (nSPS) is 19.3. The van der Waals surface area contributed by atoms with E-state index in [0.29, 0.717) is 30.0 Å².